The van der Waals surface area contributed by atoms with E-state index < -0.39 is 0 Å². The van der Waals surface area contributed by atoms with Crippen molar-refractivity contribution < 1.29 is 0 Å². The lowest BCUT2D eigenvalue weighted by Crippen LogP contribution is -2.39. The average Bonchev–Trinajstić information content (AvgIpc) is 2.81. The van der Waals surface area contributed by atoms with Crippen molar-refractivity contribution in [1.82, 2.24) is 19.7 Å². The van der Waals surface area contributed by atoms with Crippen LogP contribution in [0.4, 0.5) is 0 Å². The monoisotopic (exact) mass is 263 g/mol. The van der Waals surface area contributed by atoms with E-state index in [0.717, 1.165) is 25.2 Å². The first-order valence-corrected chi connectivity index (χ1v) is 7.56. The van der Waals surface area contributed by atoms with Gasteiger partial charge in [0.1, 0.15) is 11.6 Å². The number of hydrogen-bond donors (Lipinski definition) is 1. The fourth-order valence-electron chi connectivity index (χ4n) is 3.35. The summed E-state index contributed by atoms with van der Waals surface area (Å²) in [7, 11) is 0. The van der Waals surface area contributed by atoms with E-state index in [-0.39, 0.29) is 6.04 Å². The molecule has 0 bridgehead atoms. The van der Waals surface area contributed by atoms with Crippen molar-refractivity contribution in [3.05, 3.63) is 11.6 Å². The Kier molecular flexibility index (Phi) is 3.58. The van der Waals surface area contributed by atoms with Crippen LogP contribution in [0.3, 0.4) is 0 Å². The summed E-state index contributed by atoms with van der Waals surface area (Å²) in [5, 5.41) is 8.83. The Balaban J connectivity index is 1.72. The molecule has 0 spiro atoms. The molecule has 1 aromatic heterocycles. The first-order chi connectivity index (χ1) is 9.15. The molecule has 1 aromatic rings. The van der Waals surface area contributed by atoms with E-state index in [0.29, 0.717) is 12.0 Å². The number of nitrogens with zero attached hydrogens (tertiary/aromatic N) is 4. The van der Waals surface area contributed by atoms with E-state index in [4.69, 9.17) is 5.73 Å². The summed E-state index contributed by atoms with van der Waals surface area (Å²) in [5.74, 6) is 2.90. The molecule has 5 heteroatoms. The molecule has 0 radical (unpaired) electrons. The lowest BCUT2D eigenvalue weighted by molar-refractivity contribution is 0.168. The minimum Gasteiger partial charge on any atom is -0.326 e. The third-order valence-electron chi connectivity index (χ3n) is 4.64. The lowest BCUT2D eigenvalue weighted by Gasteiger charge is -2.34. The number of aryl methyl sites for hydroxylation is 1. The zero-order chi connectivity index (χ0) is 13.4. The molecule has 1 unspecified atom stereocenters. The van der Waals surface area contributed by atoms with Crippen molar-refractivity contribution in [2.45, 2.75) is 64.1 Å². The Morgan fingerprint density at radius 2 is 1.89 bits per heavy atom. The highest BCUT2D eigenvalue weighted by Gasteiger charge is 2.28. The first-order valence-electron chi connectivity index (χ1n) is 7.56. The highest BCUT2D eigenvalue weighted by atomic mass is 15.3. The molecular formula is C14H25N5. The molecule has 1 saturated heterocycles. The van der Waals surface area contributed by atoms with Gasteiger partial charge in [0.15, 0.2) is 0 Å². The number of rotatable bonds is 2. The van der Waals surface area contributed by atoms with Gasteiger partial charge in [0.05, 0.1) is 0 Å². The van der Waals surface area contributed by atoms with Crippen LogP contribution in [0.25, 0.3) is 0 Å². The molecule has 1 atom stereocenters. The molecule has 2 aliphatic rings. The largest absolute Gasteiger partial charge is 0.326 e. The third-order valence-corrected chi connectivity index (χ3v) is 4.64. The van der Waals surface area contributed by atoms with E-state index >= 15 is 0 Å². The second-order valence-corrected chi connectivity index (χ2v) is 6.29. The molecule has 3 heterocycles. The maximum atomic E-state index is 6.08. The van der Waals surface area contributed by atoms with E-state index in [2.05, 4.69) is 33.5 Å². The Hall–Kier alpha value is -0.940. The number of fused-ring (bicyclic) bond motifs is 1. The summed E-state index contributed by atoms with van der Waals surface area (Å²) in [6.07, 6.45) is 4.43. The Morgan fingerprint density at radius 3 is 2.58 bits per heavy atom. The highest BCUT2D eigenvalue weighted by molar-refractivity contribution is 5.07. The van der Waals surface area contributed by atoms with Crippen LogP contribution in [0, 0.1) is 0 Å². The minimum absolute atomic E-state index is 0.276. The van der Waals surface area contributed by atoms with Crippen LogP contribution in [0.15, 0.2) is 0 Å². The number of piperidine rings is 1. The van der Waals surface area contributed by atoms with Crippen molar-refractivity contribution in [2.75, 3.05) is 13.1 Å². The zero-order valence-electron chi connectivity index (χ0n) is 12.0. The summed E-state index contributed by atoms with van der Waals surface area (Å²) in [4.78, 5) is 2.55. The van der Waals surface area contributed by atoms with Gasteiger partial charge in [-0.3, -0.25) is 0 Å². The van der Waals surface area contributed by atoms with Gasteiger partial charge in [-0.15, -0.1) is 10.2 Å². The summed E-state index contributed by atoms with van der Waals surface area (Å²) in [5.41, 5.74) is 6.08. The Labute approximate surface area is 115 Å². The summed E-state index contributed by atoms with van der Waals surface area (Å²) >= 11 is 0. The van der Waals surface area contributed by atoms with Gasteiger partial charge in [-0.1, -0.05) is 0 Å². The standard InChI is InChI=1S/C14H25N5/c1-10(2)18-7-5-11(6-8-18)14-17-16-13-4-3-12(15)9-19(13)14/h10-12H,3-9,15H2,1-2H3. The maximum absolute atomic E-state index is 6.08. The van der Waals surface area contributed by atoms with E-state index in [1.54, 1.807) is 0 Å². The number of hydrogen-bond acceptors (Lipinski definition) is 4. The molecule has 0 aromatic carbocycles. The number of aromatic nitrogens is 3. The van der Waals surface area contributed by atoms with Gasteiger partial charge in [0, 0.05) is 31.0 Å². The summed E-state index contributed by atoms with van der Waals surface area (Å²) in [6.45, 7) is 7.81. The molecule has 2 N–H and O–H groups in total. The average molecular weight is 263 g/mol. The van der Waals surface area contributed by atoms with Crippen LogP contribution in [0.2, 0.25) is 0 Å². The Morgan fingerprint density at radius 1 is 1.16 bits per heavy atom. The van der Waals surface area contributed by atoms with Gasteiger partial charge >= 0.3 is 0 Å². The van der Waals surface area contributed by atoms with E-state index in [1.807, 2.05) is 0 Å². The molecular weight excluding hydrogens is 238 g/mol. The van der Waals surface area contributed by atoms with Gasteiger partial charge in [0.25, 0.3) is 0 Å². The van der Waals surface area contributed by atoms with E-state index in [9.17, 15) is 0 Å². The lowest BCUT2D eigenvalue weighted by atomic mass is 9.94. The molecule has 3 rings (SSSR count). The van der Waals surface area contributed by atoms with Crippen molar-refractivity contribution in [2.24, 2.45) is 5.73 Å². The Bertz CT molecular complexity index is 431. The smallest absolute Gasteiger partial charge is 0.136 e. The molecule has 1 fully saturated rings. The molecule has 106 valence electrons. The molecule has 0 aliphatic carbocycles. The predicted molar refractivity (Wildman–Crippen MR) is 75.0 cm³/mol. The quantitative estimate of drug-likeness (QED) is 0.869. The van der Waals surface area contributed by atoms with Crippen molar-refractivity contribution in [3.63, 3.8) is 0 Å². The third kappa shape index (κ3) is 2.54. The van der Waals surface area contributed by atoms with Crippen LogP contribution in [-0.4, -0.2) is 44.8 Å². The topological polar surface area (TPSA) is 60.0 Å². The van der Waals surface area contributed by atoms with Crippen LogP contribution in [0.1, 0.15) is 50.7 Å². The van der Waals surface area contributed by atoms with Gasteiger partial charge in [-0.05, 0) is 46.2 Å². The predicted octanol–water partition coefficient (Wildman–Crippen LogP) is 1.14. The van der Waals surface area contributed by atoms with Crippen LogP contribution < -0.4 is 5.73 Å². The zero-order valence-corrected chi connectivity index (χ0v) is 12.0. The molecule has 19 heavy (non-hydrogen) atoms. The number of nitrogens with two attached hydrogens (primary N) is 1. The molecule has 2 aliphatic heterocycles. The fourth-order valence-corrected chi connectivity index (χ4v) is 3.35. The van der Waals surface area contributed by atoms with Crippen LogP contribution >= 0.6 is 0 Å². The highest BCUT2D eigenvalue weighted by Crippen LogP contribution is 2.29. The van der Waals surface area contributed by atoms with Gasteiger partial charge in [-0.2, -0.15) is 0 Å². The van der Waals surface area contributed by atoms with Crippen molar-refractivity contribution in [3.8, 4) is 0 Å². The minimum atomic E-state index is 0.276. The van der Waals surface area contributed by atoms with Crippen molar-refractivity contribution in [1.29, 1.82) is 0 Å². The second-order valence-electron chi connectivity index (χ2n) is 6.29. The molecule has 0 amide bonds. The SMILES string of the molecule is CC(C)N1CCC(c2nnc3n2CC(N)CC3)CC1. The van der Waals surface area contributed by atoms with Gasteiger partial charge in [-0.25, -0.2) is 0 Å². The molecule has 0 saturated carbocycles. The summed E-state index contributed by atoms with van der Waals surface area (Å²) in [6, 6.07) is 0.930. The maximum Gasteiger partial charge on any atom is 0.136 e. The first kappa shape index (κ1) is 13.1. The number of likely N-dealkylation sites (tertiary alicyclic amines) is 1. The van der Waals surface area contributed by atoms with Gasteiger partial charge in [0.2, 0.25) is 0 Å². The normalized spacial score (nSPS) is 25.8. The van der Waals surface area contributed by atoms with E-state index in [1.165, 1.54) is 31.8 Å². The van der Waals surface area contributed by atoms with Gasteiger partial charge < -0.3 is 15.2 Å². The fraction of sp³-hybridized carbons (Fsp3) is 0.857. The van der Waals surface area contributed by atoms with Crippen molar-refractivity contribution >= 4 is 0 Å². The van der Waals surface area contributed by atoms with Crippen LogP contribution in [0.5, 0.6) is 0 Å². The van der Waals surface area contributed by atoms with Crippen LogP contribution in [-0.2, 0) is 13.0 Å². The second kappa shape index (κ2) is 5.21. The molecule has 5 nitrogen and oxygen atoms in total. The summed E-state index contributed by atoms with van der Waals surface area (Å²) < 4.78 is 2.30.